The Balaban J connectivity index is 2.36. The molecular weight excluding hydrogens is 270 g/mol. The van der Waals surface area contributed by atoms with E-state index in [9.17, 15) is 15.2 Å². The number of methoxy groups -OCH3 is 1. The van der Waals surface area contributed by atoms with Gasteiger partial charge in [0.1, 0.15) is 11.5 Å². The summed E-state index contributed by atoms with van der Waals surface area (Å²) in [6, 6.07) is 13.8. The van der Waals surface area contributed by atoms with Crippen LogP contribution in [-0.4, -0.2) is 17.1 Å². The van der Waals surface area contributed by atoms with Crippen molar-refractivity contribution in [2.75, 3.05) is 7.11 Å². The SMILES string of the molecule is COc1ccc(O)c(/C=C(/Cc2ccccc2)[N+](=O)[O-])c1. The topological polar surface area (TPSA) is 72.6 Å². The van der Waals surface area contributed by atoms with Crippen LogP contribution in [0.1, 0.15) is 11.1 Å². The second kappa shape index (κ2) is 6.56. The lowest BCUT2D eigenvalue weighted by Gasteiger charge is -2.04. The van der Waals surface area contributed by atoms with Crippen molar-refractivity contribution < 1.29 is 14.8 Å². The summed E-state index contributed by atoms with van der Waals surface area (Å²) in [5.74, 6) is 0.504. The van der Waals surface area contributed by atoms with Crippen molar-refractivity contribution in [2.45, 2.75) is 6.42 Å². The van der Waals surface area contributed by atoms with Crippen molar-refractivity contribution in [3.63, 3.8) is 0 Å². The number of aromatic hydroxyl groups is 1. The summed E-state index contributed by atoms with van der Waals surface area (Å²) in [6.07, 6.45) is 1.55. The van der Waals surface area contributed by atoms with Gasteiger partial charge in [-0.25, -0.2) is 0 Å². The molecule has 0 aliphatic carbocycles. The van der Waals surface area contributed by atoms with Crippen LogP contribution in [0.5, 0.6) is 11.5 Å². The number of phenolic OH excluding ortho intramolecular Hbond substituents is 1. The number of ether oxygens (including phenoxy) is 1. The van der Waals surface area contributed by atoms with Gasteiger partial charge in [-0.05, 0) is 23.8 Å². The molecule has 0 aliphatic rings. The summed E-state index contributed by atoms with van der Waals surface area (Å²) in [4.78, 5) is 10.8. The van der Waals surface area contributed by atoms with Crippen LogP contribution < -0.4 is 4.74 Å². The lowest BCUT2D eigenvalue weighted by molar-refractivity contribution is -0.425. The Morgan fingerprint density at radius 1 is 1.29 bits per heavy atom. The third-order valence-electron chi connectivity index (χ3n) is 3.02. The van der Waals surface area contributed by atoms with Gasteiger partial charge < -0.3 is 9.84 Å². The fourth-order valence-electron chi connectivity index (χ4n) is 1.93. The molecule has 108 valence electrons. The number of phenols is 1. The standard InChI is InChI=1S/C16H15NO4/c1-21-15-7-8-16(18)13(11-15)10-14(17(19)20)9-12-5-3-2-4-6-12/h2-8,10-11,18H,9H2,1H3/b14-10-. The molecule has 0 atom stereocenters. The molecule has 2 aromatic carbocycles. The second-order valence-corrected chi connectivity index (χ2v) is 4.48. The van der Waals surface area contributed by atoms with Gasteiger partial charge in [0, 0.05) is 11.6 Å². The highest BCUT2D eigenvalue weighted by atomic mass is 16.6. The molecule has 1 N–H and O–H groups in total. The van der Waals surface area contributed by atoms with Crippen LogP contribution >= 0.6 is 0 Å². The normalized spacial score (nSPS) is 11.2. The third-order valence-corrected chi connectivity index (χ3v) is 3.02. The van der Waals surface area contributed by atoms with Crippen molar-refractivity contribution in [2.24, 2.45) is 0 Å². The summed E-state index contributed by atoms with van der Waals surface area (Å²) in [5, 5.41) is 21.0. The minimum atomic E-state index is -0.439. The predicted molar refractivity (Wildman–Crippen MR) is 79.8 cm³/mol. The minimum absolute atomic E-state index is 0.00440. The molecule has 2 rings (SSSR count). The molecule has 0 saturated carbocycles. The Hall–Kier alpha value is -2.82. The van der Waals surface area contributed by atoms with E-state index in [1.54, 1.807) is 12.1 Å². The smallest absolute Gasteiger partial charge is 0.251 e. The van der Waals surface area contributed by atoms with E-state index in [0.29, 0.717) is 11.3 Å². The van der Waals surface area contributed by atoms with Crippen molar-refractivity contribution in [3.05, 3.63) is 75.5 Å². The van der Waals surface area contributed by atoms with Gasteiger partial charge in [0.2, 0.25) is 0 Å². The Bertz CT molecular complexity index is 665. The Kier molecular flexibility index (Phi) is 4.56. The van der Waals surface area contributed by atoms with Gasteiger partial charge in [0.05, 0.1) is 18.5 Å². The molecule has 2 aromatic rings. The molecule has 0 fully saturated rings. The highest BCUT2D eigenvalue weighted by Gasteiger charge is 2.13. The average Bonchev–Trinajstić information content (AvgIpc) is 2.49. The zero-order chi connectivity index (χ0) is 15.2. The molecule has 0 bridgehead atoms. The summed E-state index contributed by atoms with van der Waals surface area (Å²) in [5.41, 5.74) is 1.20. The van der Waals surface area contributed by atoms with Crippen molar-refractivity contribution in [1.82, 2.24) is 0 Å². The number of hydrogen-bond acceptors (Lipinski definition) is 4. The quantitative estimate of drug-likeness (QED) is 0.676. The van der Waals surface area contributed by atoms with Gasteiger partial charge in [-0.1, -0.05) is 30.3 Å². The van der Waals surface area contributed by atoms with E-state index in [4.69, 9.17) is 4.74 Å². The Morgan fingerprint density at radius 3 is 2.62 bits per heavy atom. The van der Waals surface area contributed by atoms with Crippen LogP contribution in [-0.2, 0) is 6.42 Å². The Labute approximate surface area is 122 Å². The van der Waals surface area contributed by atoms with Crippen LogP contribution in [0.15, 0.2) is 54.2 Å². The fraction of sp³-hybridized carbons (Fsp3) is 0.125. The molecule has 0 aromatic heterocycles. The van der Waals surface area contributed by atoms with E-state index in [-0.39, 0.29) is 17.9 Å². The lowest BCUT2D eigenvalue weighted by atomic mass is 10.1. The number of hydrogen-bond donors (Lipinski definition) is 1. The van der Waals surface area contributed by atoms with Crippen molar-refractivity contribution >= 4 is 6.08 Å². The third kappa shape index (κ3) is 3.82. The molecule has 0 spiro atoms. The zero-order valence-corrected chi connectivity index (χ0v) is 11.5. The van der Waals surface area contributed by atoms with Crippen LogP contribution in [0.4, 0.5) is 0 Å². The highest BCUT2D eigenvalue weighted by molar-refractivity contribution is 5.60. The number of benzene rings is 2. The highest BCUT2D eigenvalue weighted by Crippen LogP contribution is 2.26. The summed E-state index contributed by atoms with van der Waals surface area (Å²) >= 11 is 0. The number of rotatable bonds is 5. The Morgan fingerprint density at radius 2 is 2.00 bits per heavy atom. The predicted octanol–water partition coefficient (Wildman–Crippen LogP) is 3.26. The van der Waals surface area contributed by atoms with Crippen LogP contribution in [0.25, 0.3) is 6.08 Å². The molecule has 21 heavy (non-hydrogen) atoms. The van der Waals surface area contributed by atoms with E-state index in [0.717, 1.165) is 5.56 Å². The first-order chi connectivity index (χ1) is 10.1. The van der Waals surface area contributed by atoms with Crippen LogP contribution in [0.3, 0.4) is 0 Å². The minimum Gasteiger partial charge on any atom is -0.507 e. The molecule has 5 heteroatoms. The first-order valence-electron chi connectivity index (χ1n) is 6.36. The van der Waals surface area contributed by atoms with Gasteiger partial charge >= 0.3 is 0 Å². The monoisotopic (exact) mass is 285 g/mol. The summed E-state index contributed by atoms with van der Waals surface area (Å²) in [6.45, 7) is 0. The largest absolute Gasteiger partial charge is 0.507 e. The first-order valence-corrected chi connectivity index (χ1v) is 6.36. The molecule has 0 unspecified atom stereocenters. The van der Waals surface area contributed by atoms with Gasteiger partial charge in [0.25, 0.3) is 5.70 Å². The first kappa shape index (κ1) is 14.6. The van der Waals surface area contributed by atoms with E-state index >= 15 is 0 Å². The van der Waals surface area contributed by atoms with Gasteiger partial charge in [-0.2, -0.15) is 0 Å². The molecule has 0 aliphatic heterocycles. The van der Waals surface area contributed by atoms with Crippen molar-refractivity contribution in [1.29, 1.82) is 0 Å². The molecular formula is C16H15NO4. The number of nitro groups is 1. The van der Waals surface area contributed by atoms with E-state index in [1.165, 1.54) is 19.3 Å². The molecule has 5 nitrogen and oxygen atoms in total. The molecule has 0 heterocycles. The average molecular weight is 285 g/mol. The lowest BCUT2D eigenvalue weighted by Crippen LogP contribution is -2.02. The van der Waals surface area contributed by atoms with Crippen molar-refractivity contribution in [3.8, 4) is 11.5 Å². The molecule has 0 saturated heterocycles. The van der Waals surface area contributed by atoms with E-state index in [2.05, 4.69) is 0 Å². The number of nitrogens with zero attached hydrogens (tertiary/aromatic N) is 1. The second-order valence-electron chi connectivity index (χ2n) is 4.48. The van der Waals surface area contributed by atoms with E-state index in [1.807, 2.05) is 30.3 Å². The fourth-order valence-corrected chi connectivity index (χ4v) is 1.93. The van der Waals surface area contributed by atoms with E-state index < -0.39 is 4.92 Å². The molecule has 0 radical (unpaired) electrons. The maximum absolute atomic E-state index is 11.2. The molecule has 0 amide bonds. The summed E-state index contributed by atoms with van der Waals surface area (Å²) < 4.78 is 5.06. The van der Waals surface area contributed by atoms with Crippen LogP contribution in [0.2, 0.25) is 0 Å². The number of allylic oxidation sites excluding steroid dienone is 1. The summed E-state index contributed by atoms with van der Waals surface area (Å²) in [7, 11) is 1.50. The van der Waals surface area contributed by atoms with Crippen LogP contribution in [0, 0.1) is 10.1 Å². The maximum Gasteiger partial charge on any atom is 0.251 e. The van der Waals surface area contributed by atoms with Gasteiger partial charge in [-0.15, -0.1) is 0 Å². The maximum atomic E-state index is 11.2. The zero-order valence-electron chi connectivity index (χ0n) is 11.5. The van der Waals surface area contributed by atoms with Gasteiger partial charge in [0.15, 0.2) is 0 Å². The van der Waals surface area contributed by atoms with Gasteiger partial charge in [-0.3, -0.25) is 10.1 Å².